The van der Waals surface area contributed by atoms with Crippen molar-refractivity contribution in [2.75, 3.05) is 19.6 Å². The lowest BCUT2D eigenvalue weighted by Crippen LogP contribution is -2.49. The van der Waals surface area contributed by atoms with Gasteiger partial charge in [0.1, 0.15) is 12.3 Å². The Balaban J connectivity index is 1.06. The maximum absolute atomic E-state index is 15.3. The number of carbonyl (C=O) groups excluding carboxylic acids is 1. The van der Waals surface area contributed by atoms with Gasteiger partial charge in [0.25, 0.3) is 0 Å². The molecule has 0 spiro atoms. The fourth-order valence-corrected chi connectivity index (χ4v) is 4.50. The maximum atomic E-state index is 15.3. The lowest BCUT2D eigenvalue weighted by Gasteiger charge is -2.36. The highest BCUT2D eigenvalue weighted by Gasteiger charge is 2.42. The molecular formula is C25H28FN3O2. The Morgan fingerprint density at radius 1 is 1.16 bits per heavy atom. The molecule has 0 radical (unpaired) electrons. The monoisotopic (exact) mass is 421 g/mol. The van der Waals surface area contributed by atoms with Crippen molar-refractivity contribution in [1.82, 2.24) is 15.2 Å². The molecule has 0 unspecified atom stereocenters. The summed E-state index contributed by atoms with van der Waals surface area (Å²) in [6, 6.07) is 18.7. The number of piperidine rings is 1. The van der Waals surface area contributed by atoms with Crippen LogP contribution in [-0.4, -0.2) is 47.3 Å². The van der Waals surface area contributed by atoms with Gasteiger partial charge in [0, 0.05) is 56.1 Å². The van der Waals surface area contributed by atoms with E-state index in [1.54, 1.807) is 4.90 Å². The predicted octanol–water partition coefficient (Wildman–Crippen LogP) is 4.75. The summed E-state index contributed by atoms with van der Waals surface area (Å²) in [4.78, 5) is 17.2. The van der Waals surface area contributed by atoms with E-state index in [1.165, 1.54) is 5.56 Å². The van der Waals surface area contributed by atoms with Gasteiger partial charge in [-0.3, -0.25) is 0 Å². The molecule has 2 fully saturated rings. The van der Waals surface area contributed by atoms with Crippen LogP contribution in [0.3, 0.4) is 0 Å². The van der Waals surface area contributed by atoms with E-state index in [2.05, 4.69) is 34.6 Å². The van der Waals surface area contributed by atoms with Crippen molar-refractivity contribution in [3.05, 3.63) is 71.9 Å². The Morgan fingerprint density at radius 3 is 2.77 bits per heavy atom. The number of benzene rings is 2. The molecule has 5 nitrogen and oxygen atoms in total. The minimum absolute atomic E-state index is 0.224. The molecule has 1 aliphatic heterocycles. The summed E-state index contributed by atoms with van der Waals surface area (Å²) in [5, 5.41) is 4.50. The largest absolute Gasteiger partial charge is 0.445 e. The highest BCUT2D eigenvalue weighted by molar-refractivity contribution is 5.80. The first-order valence-corrected chi connectivity index (χ1v) is 11.0. The van der Waals surface area contributed by atoms with Crippen molar-refractivity contribution in [1.29, 1.82) is 0 Å². The zero-order valence-electron chi connectivity index (χ0n) is 17.5. The van der Waals surface area contributed by atoms with Gasteiger partial charge in [-0.25, -0.2) is 9.18 Å². The predicted molar refractivity (Wildman–Crippen MR) is 119 cm³/mol. The number of nitrogens with one attached hydrogen (secondary N) is 2. The number of hydrogen-bond acceptors (Lipinski definition) is 3. The number of alkyl halides is 1. The van der Waals surface area contributed by atoms with Crippen LogP contribution < -0.4 is 5.32 Å². The third-order valence-electron chi connectivity index (χ3n) is 6.60. The normalized spacial score (nSPS) is 22.4. The fraction of sp³-hybridized carbons (Fsp3) is 0.400. The van der Waals surface area contributed by atoms with Crippen molar-refractivity contribution in [3.8, 4) is 0 Å². The number of aromatic nitrogens is 1. The van der Waals surface area contributed by atoms with Crippen molar-refractivity contribution in [3.63, 3.8) is 0 Å². The molecule has 5 rings (SSSR count). The van der Waals surface area contributed by atoms with Gasteiger partial charge in [-0.2, -0.15) is 0 Å². The molecule has 2 atom stereocenters. The second-order valence-corrected chi connectivity index (χ2v) is 8.83. The maximum Gasteiger partial charge on any atom is 0.410 e. The van der Waals surface area contributed by atoms with Gasteiger partial charge in [-0.05, 0) is 41.1 Å². The van der Waals surface area contributed by atoms with E-state index >= 15 is 4.39 Å². The average Bonchev–Trinajstić information content (AvgIpc) is 3.44. The van der Waals surface area contributed by atoms with Crippen LogP contribution in [-0.2, 0) is 11.3 Å². The van der Waals surface area contributed by atoms with E-state index < -0.39 is 5.67 Å². The summed E-state index contributed by atoms with van der Waals surface area (Å²) < 4.78 is 20.7. The smallest absolute Gasteiger partial charge is 0.410 e. The zero-order chi connectivity index (χ0) is 21.3. The fourth-order valence-electron chi connectivity index (χ4n) is 4.50. The summed E-state index contributed by atoms with van der Waals surface area (Å²) >= 11 is 0. The van der Waals surface area contributed by atoms with Crippen molar-refractivity contribution in [2.24, 2.45) is 0 Å². The van der Waals surface area contributed by atoms with E-state index in [1.807, 2.05) is 36.5 Å². The summed E-state index contributed by atoms with van der Waals surface area (Å²) in [7, 11) is 0. The molecule has 2 N–H and O–H groups in total. The molecule has 2 aromatic carbocycles. The van der Waals surface area contributed by atoms with Crippen LogP contribution in [0.2, 0.25) is 0 Å². The number of ether oxygens (including phenoxy) is 1. The highest BCUT2D eigenvalue weighted by atomic mass is 19.1. The van der Waals surface area contributed by atoms with Gasteiger partial charge in [-0.15, -0.1) is 0 Å². The van der Waals surface area contributed by atoms with E-state index in [-0.39, 0.29) is 12.7 Å². The van der Waals surface area contributed by atoms with Gasteiger partial charge < -0.3 is 19.9 Å². The Hall–Kier alpha value is -2.86. The van der Waals surface area contributed by atoms with Crippen LogP contribution >= 0.6 is 0 Å². The number of carbonyl (C=O) groups is 1. The van der Waals surface area contributed by atoms with Gasteiger partial charge in [0.05, 0.1) is 0 Å². The minimum Gasteiger partial charge on any atom is -0.445 e. The summed E-state index contributed by atoms with van der Waals surface area (Å²) in [6.07, 6.45) is 3.26. The molecule has 0 bridgehead atoms. The van der Waals surface area contributed by atoms with Gasteiger partial charge >= 0.3 is 6.09 Å². The van der Waals surface area contributed by atoms with Crippen molar-refractivity contribution < 1.29 is 13.9 Å². The van der Waals surface area contributed by atoms with Crippen molar-refractivity contribution in [2.45, 2.75) is 43.5 Å². The zero-order valence-corrected chi connectivity index (χ0v) is 17.5. The summed E-state index contributed by atoms with van der Waals surface area (Å²) in [6.45, 7) is 1.35. The summed E-state index contributed by atoms with van der Waals surface area (Å²) in [5.41, 5.74) is 2.06. The molecule has 1 aliphatic carbocycles. The first-order valence-electron chi connectivity index (χ1n) is 11.0. The second kappa shape index (κ2) is 8.35. The number of hydrogen-bond donors (Lipinski definition) is 2. The van der Waals surface area contributed by atoms with E-state index in [0.717, 1.165) is 22.9 Å². The third-order valence-corrected chi connectivity index (χ3v) is 6.60. The van der Waals surface area contributed by atoms with Crippen LogP contribution in [0.1, 0.15) is 36.3 Å². The lowest BCUT2D eigenvalue weighted by molar-refractivity contribution is 0.0408. The second-order valence-electron chi connectivity index (χ2n) is 8.83. The first-order chi connectivity index (χ1) is 15.1. The van der Waals surface area contributed by atoms with Crippen LogP contribution in [0.25, 0.3) is 10.9 Å². The Bertz CT molecular complexity index is 1040. The number of fused-ring (bicyclic) bond motifs is 1. The van der Waals surface area contributed by atoms with E-state index in [0.29, 0.717) is 44.4 Å². The SMILES string of the molecule is O=C(OCc1ccc2[nH]ccc2c1)N1CCC(F)(CN[C@@H]2C[C@H]2c2ccccc2)CC1. The van der Waals surface area contributed by atoms with Crippen LogP contribution in [0.5, 0.6) is 0 Å². The molecule has 1 saturated heterocycles. The lowest BCUT2D eigenvalue weighted by atomic mass is 9.93. The Labute approximate surface area is 181 Å². The highest BCUT2D eigenvalue weighted by Crippen LogP contribution is 2.41. The molecule has 31 heavy (non-hydrogen) atoms. The topological polar surface area (TPSA) is 57.4 Å². The van der Waals surface area contributed by atoms with Crippen LogP contribution in [0.15, 0.2) is 60.8 Å². The molecule has 3 aromatic rings. The molecule has 1 amide bonds. The minimum atomic E-state index is -1.26. The number of likely N-dealkylation sites (tertiary alicyclic amines) is 1. The van der Waals surface area contributed by atoms with Crippen LogP contribution in [0.4, 0.5) is 9.18 Å². The van der Waals surface area contributed by atoms with Crippen molar-refractivity contribution >= 4 is 17.0 Å². The molecule has 6 heteroatoms. The molecule has 1 saturated carbocycles. The number of halogens is 1. The molecule has 162 valence electrons. The molecule has 2 aliphatic rings. The summed E-state index contributed by atoms with van der Waals surface area (Å²) in [5.74, 6) is 0.491. The number of aromatic amines is 1. The molecule has 1 aromatic heterocycles. The number of amides is 1. The van der Waals surface area contributed by atoms with Crippen LogP contribution in [0, 0.1) is 0 Å². The number of H-pyrrole nitrogens is 1. The Kier molecular flexibility index (Phi) is 5.40. The number of rotatable bonds is 6. The Morgan fingerprint density at radius 2 is 1.97 bits per heavy atom. The first kappa shape index (κ1) is 20.1. The number of nitrogens with zero attached hydrogens (tertiary/aromatic N) is 1. The standard InChI is InChI=1S/C25H28FN3O2/c26-25(17-28-23-15-21(23)19-4-2-1-3-5-19)9-12-29(13-10-25)24(30)31-16-18-6-7-22-20(14-18)8-11-27-22/h1-8,11,14,21,23,27-28H,9-10,12-13,15-17H2/t21-,23+/m0/s1. The molecule has 2 heterocycles. The van der Waals surface area contributed by atoms with Gasteiger partial charge in [0.2, 0.25) is 0 Å². The van der Waals surface area contributed by atoms with E-state index in [4.69, 9.17) is 4.74 Å². The van der Waals surface area contributed by atoms with Gasteiger partial charge in [-0.1, -0.05) is 36.4 Å². The third kappa shape index (κ3) is 4.59. The van der Waals surface area contributed by atoms with E-state index in [9.17, 15) is 4.79 Å². The quantitative estimate of drug-likeness (QED) is 0.604. The average molecular weight is 422 g/mol. The molecular weight excluding hydrogens is 393 g/mol. The van der Waals surface area contributed by atoms with Gasteiger partial charge in [0.15, 0.2) is 0 Å².